The van der Waals surface area contributed by atoms with Crippen molar-refractivity contribution in [2.75, 3.05) is 13.1 Å². The van der Waals surface area contributed by atoms with Crippen molar-refractivity contribution >= 4 is 5.91 Å². The minimum atomic E-state index is 0.315. The van der Waals surface area contributed by atoms with E-state index in [1.807, 2.05) is 4.90 Å². The Kier molecular flexibility index (Phi) is 2.94. The van der Waals surface area contributed by atoms with E-state index in [4.69, 9.17) is 0 Å². The fourth-order valence-corrected chi connectivity index (χ4v) is 2.19. The number of likely N-dealkylation sites (tertiary alicyclic amines) is 1. The van der Waals surface area contributed by atoms with Gasteiger partial charge in [0.2, 0.25) is 5.91 Å². The van der Waals surface area contributed by atoms with Crippen molar-refractivity contribution in [1.82, 2.24) is 4.90 Å². The molecular weight excluding hydrogens is 186 g/mol. The van der Waals surface area contributed by atoms with Gasteiger partial charge in [-0.25, -0.2) is 0 Å². The van der Waals surface area contributed by atoms with Crippen molar-refractivity contribution in [1.29, 1.82) is 0 Å². The second-order valence-electron chi connectivity index (χ2n) is 4.74. The van der Waals surface area contributed by atoms with Gasteiger partial charge in [0.1, 0.15) is 0 Å². The summed E-state index contributed by atoms with van der Waals surface area (Å²) in [5, 5.41) is 0. The molecule has 15 heavy (non-hydrogen) atoms. The first-order chi connectivity index (χ1) is 7.16. The van der Waals surface area contributed by atoms with Gasteiger partial charge in [0, 0.05) is 19.5 Å². The normalized spacial score (nSPS) is 30.9. The van der Waals surface area contributed by atoms with Crippen LogP contribution in [0.1, 0.15) is 26.7 Å². The second-order valence-corrected chi connectivity index (χ2v) is 4.74. The quantitative estimate of drug-likeness (QED) is 0.677. The molecular formula is C13H19NO. The first-order valence-corrected chi connectivity index (χ1v) is 5.83. The first-order valence-electron chi connectivity index (χ1n) is 5.83. The van der Waals surface area contributed by atoms with Crippen LogP contribution in [0.5, 0.6) is 0 Å². The lowest BCUT2D eigenvalue weighted by Crippen LogP contribution is -2.27. The summed E-state index contributed by atoms with van der Waals surface area (Å²) in [6, 6.07) is 0. The summed E-state index contributed by atoms with van der Waals surface area (Å²) in [6.07, 6.45) is 8.50. The van der Waals surface area contributed by atoms with E-state index in [0.717, 1.165) is 25.9 Å². The molecule has 0 aromatic carbocycles. The summed E-state index contributed by atoms with van der Waals surface area (Å²) in [4.78, 5) is 13.4. The predicted molar refractivity (Wildman–Crippen MR) is 61.4 cm³/mol. The van der Waals surface area contributed by atoms with Gasteiger partial charge in [0.15, 0.2) is 0 Å². The van der Waals surface area contributed by atoms with Crippen LogP contribution in [0.15, 0.2) is 23.8 Å². The van der Waals surface area contributed by atoms with Crippen LogP contribution >= 0.6 is 0 Å². The maximum absolute atomic E-state index is 11.5. The van der Waals surface area contributed by atoms with Crippen molar-refractivity contribution in [2.45, 2.75) is 26.7 Å². The van der Waals surface area contributed by atoms with Gasteiger partial charge in [-0.05, 0) is 23.8 Å². The van der Waals surface area contributed by atoms with E-state index in [1.54, 1.807) is 0 Å². The molecule has 1 aliphatic carbocycles. The van der Waals surface area contributed by atoms with E-state index in [1.165, 1.54) is 5.57 Å². The number of nitrogens with zero attached hydrogens (tertiary/aromatic N) is 1. The maximum atomic E-state index is 11.5. The van der Waals surface area contributed by atoms with E-state index in [9.17, 15) is 4.79 Å². The van der Waals surface area contributed by atoms with Crippen molar-refractivity contribution in [3.05, 3.63) is 23.8 Å². The van der Waals surface area contributed by atoms with Gasteiger partial charge in [-0.15, -0.1) is 0 Å². The lowest BCUT2D eigenvalue weighted by molar-refractivity contribution is -0.127. The number of carbonyl (C=O) groups excluding carboxylic acids is 1. The molecule has 1 aliphatic heterocycles. The Bertz CT molecular complexity index is 316. The zero-order chi connectivity index (χ0) is 10.8. The van der Waals surface area contributed by atoms with Crippen molar-refractivity contribution in [3.8, 4) is 0 Å². The molecule has 0 bridgehead atoms. The van der Waals surface area contributed by atoms with Gasteiger partial charge < -0.3 is 4.90 Å². The highest BCUT2D eigenvalue weighted by atomic mass is 16.2. The van der Waals surface area contributed by atoms with Gasteiger partial charge in [0.25, 0.3) is 0 Å². The fraction of sp³-hybridized carbons (Fsp3) is 0.615. The van der Waals surface area contributed by atoms with E-state index < -0.39 is 0 Å². The Hall–Kier alpha value is -1.05. The third-order valence-corrected chi connectivity index (χ3v) is 3.46. The van der Waals surface area contributed by atoms with Crippen LogP contribution in [0.3, 0.4) is 0 Å². The molecule has 1 saturated heterocycles. The zero-order valence-electron chi connectivity index (χ0n) is 9.57. The van der Waals surface area contributed by atoms with Crippen LogP contribution in [0.2, 0.25) is 0 Å². The van der Waals surface area contributed by atoms with Crippen LogP contribution in [-0.4, -0.2) is 23.9 Å². The highest BCUT2D eigenvalue weighted by molar-refractivity contribution is 5.78. The Morgan fingerprint density at radius 3 is 2.80 bits per heavy atom. The van der Waals surface area contributed by atoms with Gasteiger partial charge in [-0.3, -0.25) is 4.79 Å². The highest BCUT2D eigenvalue weighted by Crippen LogP contribution is 2.23. The molecule has 0 aromatic rings. The first kappa shape index (κ1) is 10.5. The fourth-order valence-electron chi connectivity index (χ4n) is 2.19. The van der Waals surface area contributed by atoms with E-state index in [2.05, 4.69) is 32.1 Å². The molecule has 2 atom stereocenters. The number of carbonyl (C=O) groups is 1. The number of allylic oxidation sites excluding steroid dienone is 2. The summed E-state index contributed by atoms with van der Waals surface area (Å²) in [6.45, 7) is 6.22. The second kappa shape index (κ2) is 4.21. The third-order valence-electron chi connectivity index (χ3n) is 3.46. The molecule has 2 unspecified atom stereocenters. The van der Waals surface area contributed by atoms with Crippen LogP contribution < -0.4 is 0 Å². The number of hydrogen-bond donors (Lipinski definition) is 0. The molecule has 1 fully saturated rings. The molecule has 2 nitrogen and oxygen atoms in total. The van der Waals surface area contributed by atoms with E-state index in [0.29, 0.717) is 17.7 Å². The number of rotatable bonds is 2. The van der Waals surface area contributed by atoms with Gasteiger partial charge in [-0.2, -0.15) is 0 Å². The molecule has 82 valence electrons. The van der Waals surface area contributed by atoms with Crippen LogP contribution in [0.4, 0.5) is 0 Å². The minimum Gasteiger partial charge on any atom is -0.338 e. The number of amides is 1. The summed E-state index contributed by atoms with van der Waals surface area (Å²) in [5.74, 6) is 1.54. The Morgan fingerprint density at radius 1 is 1.40 bits per heavy atom. The predicted octanol–water partition coefficient (Wildman–Crippen LogP) is 2.38. The Labute approximate surface area is 91.6 Å². The largest absolute Gasteiger partial charge is 0.338 e. The standard InChI is InChI=1S/C13H19NO/c1-10-5-6-12(8-11(10)2)9-14-7-3-4-13(14)15/h5-6,8,10-11H,3-4,7,9H2,1-2H3. The van der Waals surface area contributed by atoms with E-state index in [-0.39, 0.29) is 0 Å². The molecule has 0 N–H and O–H groups in total. The van der Waals surface area contributed by atoms with Crippen molar-refractivity contribution in [3.63, 3.8) is 0 Å². The molecule has 0 radical (unpaired) electrons. The molecule has 1 amide bonds. The average Bonchev–Trinajstić information content (AvgIpc) is 2.59. The lowest BCUT2D eigenvalue weighted by Gasteiger charge is -2.22. The molecule has 0 aromatic heterocycles. The molecule has 0 spiro atoms. The molecule has 2 aliphatic rings. The van der Waals surface area contributed by atoms with Gasteiger partial charge in [-0.1, -0.05) is 32.1 Å². The monoisotopic (exact) mass is 205 g/mol. The molecule has 0 saturated carbocycles. The summed E-state index contributed by atoms with van der Waals surface area (Å²) < 4.78 is 0. The lowest BCUT2D eigenvalue weighted by atomic mass is 9.88. The van der Waals surface area contributed by atoms with Crippen LogP contribution in [0.25, 0.3) is 0 Å². The summed E-state index contributed by atoms with van der Waals surface area (Å²) in [5.41, 5.74) is 1.30. The Morgan fingerprint density at radius 2 is 2.20 bits per heavy atom. The van der Waals surface area contributed by atoms with Gasteiger partial charge in [0.05, 0.1) is 0 Å². The van der Waals surface area contributed by atoms with E-state index >= 15 is 0 Å². The molecule has 1 heterocycles. The molecule has 2 heteroatoms. The maximum Gasteiger partial charge on any atom is 0.222 e. The van der Waals surface area contributed by atoms with Crippen LogP contribution in [0, 0.1) is 11.8 Å². The smallest absolute Gasteiger partial charge is 0.222 e. The van der Waals surface area contributed by atoms with Crippen LogP contribution in [-0.2, 0) is 4.79 Å². The SMILES string of the molecule is CC1C=CC(CN2CCCC2=O)=CC1C. The summed E-state index contributed by atoms with van der Waals surface area (Å²) in [7, 11) is 0. The number of hydrogen-bond acceptors (Lipinski definition) is 1. The Balaban J connectivity index is 1.98. The zero-order valence-corrected chi connectivity index (χ0v) is 9.57. The minimum absolute atomic E-state index is 0.315. The molecule has 2 rings (SSSR count). The van der Waals surface area contributed by atoms with Crippen molar-refractivity contribution in [2.24, 2.45) is 11.8 Å². The highest BCUT2D eigenvalue weighted by Gasteiger charge is 2.21. The van der Waals surface area contributed by atoms with Crippen molar-refractivity contribution < 1.29 is 4.79 Å². The third kappa shape index (κ3) is 2.31. The summed E-state index contributed by atoms with van der Waals surface area (Å²) >= 11 is 0. The average molecular weight is 205 g/mol. The topological polar surface area (TPSA) is 20.3 Å². The van der Waals surface area contributed by atoms with Gasteiger partial charge >= 0.3 is 0 Å².